The van der Waals surface area contributed by atoms with E-state index in [-0.39, 0.29) is 24.7 Å². The zero-order valence-electron chi connectivity index (χ0n) is 17.4. The Morgan fingerprint density at radius 3 is 2.50 bits per heavy atom. The summed E-state index contributed by atoms with van der Waals surface area (Å²) in [6.07, 6.45) is 2.33. The number of nitrogens with zero attached hydrogens (tertiary/aromatic N) is 1. The number of fused-ring (bicyclic) bond motifs is 1. The summed E-state index contributed by atoms with van der Waals surface area (Å²) < 4.78 is 16.3. The number of hydrogen-bond donors (Lipinski definition) is 1. The molecule has 7 nitrogen and oxygen atoms in total. The van der Waals surface area contributed by atoms with Gasteiger partial charge in [-0.25, -0.2) is 0 Å². The van der Waals surface area contributed by atoms with Crippen molar-refractivity contribution in [3.05, 3.63) is 88.9 Å². The molecular formula is C25H21NO6. The fraction of sp³-hybridized carbons (Fsp3) is 0.200. The van der Waals surface area contributed by atoms with E-state index in [1.807, 2.05) is 25.1 Å². The van der Waals surface area contributed by atoms with Gasteiger partial charge in [-0.3, -0.25) is 9.59 Å². The number of rotatable bonds is 5. The molecule has 2 aromatic carbocycles. The maximum absolute atomic E-state index is 13.0. The number of aliphatic hydroxyl groups excluding tert-OH is 1. The lowest BCUT2D eigenvalue weighted by atomic mass is 9.98. The topological polar surface area (TPSA) is 89.2 Å². The minimum atomic E-state index is -0.846. The van der Waals surface area contributed by atoms with Crippen molar-refractivity contribution in [1.29, 1.82) is 0 Å². The number of likely N-dealkylation sites (tertiary alicyclic amines) is 1. The van der Waals surface area contributed by atoms with Crippen LogP contribution in [0, 0.1) is 0 Å². The van der Waals surface area contributed by atoms with Gasteiger partial charge in [-0.05, 0) is 41.8 Å². The first-order valence-electron chi connectivity index (χ1n) is 10.4. The minimum Gasteiger partial charge on any atom is -0.507 e. The van der Waals surface area contributed by atoms with Gasteiger partial charge < -0.3 is 23.9 Å². The molecule has 162 valence electrons. The third-order valence-corrected chi connectivity index (χ3v) is 5.78. The number of ketones is 1. The molecule has 1 atom stereocenters. The molecule has 1 aromatic heterocycles. The molecule has 32 heavy (non-hydrogen) atoms. The van der Waals surface area contributed by atoms with Gasteiger partial charge >= 0.3 is 0 Å². The molecule has 3 heterocycles. The largest absolute Gasteiger partial charge is 0.507 e. The standard InChI is InChI=1S/C25H21NO6/c1-2-15-5-8-17(9-6-15)23(27)21-22(19-4-3-11-30-19)26(25(29)24(21)28)13-16-7-10-18-20(12-16)32-14-31-18/h3-12,22,27H,2,13-14H2,1H3/b23-21-. The maximum Gasteiger partial charge on any atom is 0.296 e. The van der Waals surface area contributed by atoms with Gasteiger partial charge in [-0.2, -0.15) is 0 Å². The second-order valence-corrected chi connectivity index (χ2v) is 7.68. The minimum absolute atomic E-state index is 0.00921. The number of aryl methyl sites for hydroxylation is 1. The van der Waals surface area contributed by atoms with E-state index < -0.39 is 17.7 Å². The number of Topliss-reactive ketones (excluding diaryl/α,β-unsaturated/α-hetero) is 1. The van der Waals surface area contributed by atoms with Crippen molar-refractivity contribution < 1.29 is 28.6 Å². The molecule has 5 rings (SSSR count). The zero-order chi connectivity index (χ0) is 22.2. The normalized spacial score (nSPS) is 19.0. The summed E-state index contributed by atoms with van der Waals surface area (Å²) in [5.74, 6) is -0.0455. The molecule has 1 saturated heterocycles. The fourth-order valence-corrected chi connectivity index (χ4v) is 4.08. The molecule has 1 amide bonds. The first kappa shape index (κ1) is 19.9. The monoisotopic (exact) mass is 431 g/mol. The van der Waals surface area contributed by atoms with E-state index in [1.165, 1.54) is 11.2 Å². The number of furan rings is 1. The molecule has 0 radical (unpaired) electrons. The third kappa shape index (κ3) is 3.32. The van der Waals surface area contributed by atoms with Gasteiger partial charge in [0.1, 0.15) is 17.6 Å². The first-order chi connectivity index (χ1) is 15.6. The van der Waals surface area contributed by atoms with Crippen LogP contribution in [0.15, 0.2) is 70.9 Å². The van der Waals surface area contributed by atoms with E-state index in [2.05, 4.69) is 0 Å². The van der Waals surface area contributed by atoms with Gasteiger partial charge in [0.25, 0.3) is 11.7 Å². The molecule has 2 aliphatic heterocycles. The molecule has 2 aliphatic rings. The van der Waals surface area contributed by atoms with E-state index in [0.29, 0.717) is 22.8 Å². The van der Waals surface area contributed by atoms with Gasteiger partial charge in [0, 0.05) is 12.1 Å². The highest BCUT2D eigenvalue weighted by atomic mass is 16.7. The van der Waals surface area contributed by atoms with Gasteiger partial charge in [0.05, 0.1) is 11.8 Å². The molecule has 0 aliphatic carbocycles. The van der Waals surface area contributed by atoms with Gasteiger partial charge in [0.2, 0.25) is 6.79 Å². The second kappa shape index (κ2) is 7.92. The molecule has 0 spiro atoms. The average Bonchev–Trinajstić information content (AvgIpc) is 3.55. The summed E-state index contributed by atoms with van der Waals surface area (Å²) in [6, 6.07) is 15.2. The molecule has 0 bridgehead atoms. The van der Waals surface area contributed by atoms with Crippen LogP contribution < -0.4 is 9.47 Å². The summed E-state index contributed by atoms with van der Waals surface area (Å²) in [4.78, 5) is 27.5. The second-order valence-electron chi connectivity index (χ2n) is 7.68. The van der Waals surface area contributed by atoms with Crippen molar-refractivity contribution in [2.75, 3.05) is 6.79 Å². The number of hydrogen-bond acceptors (Lipinski definition) is 6. The smallest absolute Gasteiger partial charge is 0.296 e. The van der Waals surface area contributed by atoms with Crippen LogP contribution in [0.2, 0.25) is 0 Å². The van der Waals surface area contributed by atoms with Crippen molar-refractivity contribution >= 4 is 17.4 Å². The Bertz CT molecular complexity index is 1210. The van der Waals surface area contributed by atoms with Crippen molar-refractivity contribution in [1.82, 2.24) is 4.90 Å². The summed E-state index contributed by atoms with van der Waals surface area (Å²) in [7, 11) is 0. The van der Waals surface area contributed by atoms with Gasteiger partial charge in [-0.1, -0.05) is 37.3 Å². The number of carbonyl (C=O) groups is 2. The summed E-state index contributed by atoms with van der Waals surface area (Å²) in [5, 5.41) is 11.1. The molecule has 7 heteroatoms. The van der Waals surface area contributed by atoms with Crippen LogP contribution in [0.4, 0.5) is 0 Å². The molecular weight excluding hydrogens is 410 g/mol. The molecule has 1 fully saturated rings. The highest BCUT2D eigenvalue weighted by Crippen LogP contribution is 2.41. The van der Waals surface area contributed by atoms with Crippen LogP contribution in [-0.4, -0.2) is 28.5 Å². The van der Waals surface area contributed by atoms with Crippen molar-refractivity contribution in [2.45, 2.75) is 25.9 Å². The third-order valence-electron chi connectivity index (χ3n) is 5.78. The lowest BCUT2D eigenvalue weighted by Crippen LogP contribution is -2.29. The van der Waals surface area contributed by atoms with Crippen LogP contribution in [0.3, 0.4) is 0 Å². The molecule has 0 saturated carbocycles. The Kier molecular flexibility index (Phi) is 4.93. The van der Waals surface area contributed by atoms with E-state index in [4.69, 9.17) is 13.9 Å². The van der Waals surface area contributed by atoms with Crippen molar-refractivity contribution in [2.24, 2.45) is 0 Å². The zero-order valence-corrected chi connectivity index (χ0v) is 17.4. The Balaban J connectivity index is 1.56. The number of ether oxygens (including phenoxy) is 2. The molecule has 3 aromatic rings. The number of carbonyl (C=O) groups excluding carboxylic acids is 2. The van der Waals surface area contributed by atoms with Crippen molar-refractivity contribution in [3.8, 4) is 11.5 Å². The van der Waals surface area contributed by atoms with E-state index in [9.17, 15) is 14.7 Å². The number of aliphatic hydroxyl groups is 1. The summed E-state index contributed by atoms with van der Waals surface area (Å²) in [6.45, 7) is 2.32. The summed E-state index contributed by atoms with van der Waals surface area (Å²) >= 11 is 0. The first-order valence-corrected chi connectivity index (χ1v) is 10.4. The van der Waals surface area contributed by atoms with Crippen LogP contribution in [0.25, 0.3) is 5.76 Å². The van der Waals surface area contributed by atoms with Crippen LogP contribution in [-0.2, 0) is 22.6 Å². The Morgan fingerprint density at radius 1 is 1.03 bits per heavy atom. The Hall–Kier alpha value is -4.00. The Morgan fingerprint density at radius 2 is 1.78 bits per heavy atom. The quantitative estimate of drug-likeness (QED) is 0.370. The predicted molar refractivity (Wildman–Crippen MR) is 115 cm³/mol. The highest BCUT2D eigenvalue weighted by Gasteiger charge is 2.47. The number of benzene rings is 2. The maximum atomic E-state index is 13.0. The lowest BCUT2D eigenvalue weighted by molar-refractivity contribution is -0.140. The van der Waals surface area contributed by atoms with E-state index in [1.54, 1.807) is 36.4 Å². The van der Waals surface area contributed by atoms with Crippen LogP contribution in [0.5, 0.6) is 11.5 Å². The SMILES string of the molecule is CCc1ccc(/C(O)=C2/C(=O)C(=O)N(Cc3ccc4c(c3)OCO4)C2c2ccco2)cc1. The van der Waals surface area contributed by atoms with Crippen LogP contribution in [0.1, 0.15) is 35.4 Å². The van der Waals surface area contributed by atoms with E-state index in [0.717, 1.165) is 17.5 Å². The highest BCUT2D eigenvalue weighted by molar-refractivity contribution is 6.46. The Labute approximate surface area is 184 Å². The number of amides is 1. The van der Waals surface area contributed by atoms with Crippen LogP contribution >= 0.6 is 0 Å². The van der Waals surface area contributed by atoms with Crippen molar-refractivity contribution in [3.63, 3.8) is 0 Å². The van der Waals surface area contributed by atoms with Gasteiger partial charge in [0.15, 0.2) is 11.5 Å². The predicted octanol–water partition coefficient (Wildman–Crippen LogP) is 4.19. The average molecular weight is 431 g/mol. The lowest BCUT2D eigenvalue weighted by Gasteiger charge is -2.23. The fourth-order valence-electron chi connectivity index (χ4n) is 4.08. The molecule has 1 N–H and O–H groups in total. The summed E-state index contributed by atoms with van der Waals surface area (Å²) in [5.41, 5.74) is 2.35. The molecule has 1 unspecified atom stereocenters. The van der Waals surface area contributed by atoms with Gasteiger partial charge in [-0.15, -0.1) is 0 Å². The van der Waals surface area contributed by atoms with E-state index >= 15 is 0 Å².